The molecule has 0 atom stereocenters. The second kappa shape index (κ2) is 7.63. The summed E-state index contributed by atoms with van der Waals surface area (Å²) in [5.41, 5.74) is 6.46. The summed E-state index contributed by atoms with van der Waals surface area (Å²) >= 11 is 0. The van der Waals surface area contributed by atoms with E-state index in [9.17, 15) is 4.79 Å². The van der Waals surface area contributed by atoms with Gasteiger partial charge in [0.2, 0.25) is 5.91 Å². The van der Waals surface area contributed by atoms with Crippen molar-refractivity contribution < 1.29 is 4.79 Å². The Labute approximate surface area is 144 Å². The topological polar surface area (TPSA) is 41.1 Å². The van der Waals surface area contributed by atoms with E-state index in [0.29, 0.717) is 18.9 Å². The van der Waals surface area contributed by atoms with E-state index < -0.39 is 0 Å². The van der Waals surface area contributed by atoms with Crippen molar-refractivity contribution in [1.29, 1.82) is 0 Å². The molecule has 1 amide bonds. The van der Waals surface area contributed by atoms with Crippen LogP contribution >= 0.6 is 0 Å². The summed E-state index contributed by atoms with van der Waals surface area (Å²) in [6, 6.07) is 15.1. The van der Waals surface area contributed by atoms with Crippen molar-refractivity contribution >= 4 is 5.91 Å². The molecule has 0 bridgehead atoms. The molecule has 1 aliphatic heterocycles. The minimum atomic E-state index is 0.113. The number of nitrogens with one attached hydrogen (secondary N) is 2. The lowest BCUT2D eigenvalue weighted by molar-refractivity contribution is -0.121. The first-order valence-corrected chi connectivity index (χ1v) is 8.79. The van der Waals surface area contributed by atoms with Crippen molar-refractivity contribution in [2.75, 3.05) is 0 Å². The first kappa shape index (κ1) is 16.7. The summed E-state index contributed by atoms with van der Waals surface area (Å²) in [5, 5.41) is 6.37. The smallest absolute Gasteiger partial charge is 0.220 e. The minimum Gasteiger partial charge on any atom is -0.352 e. The van der Waals surface area contributed by atoms with Crippen LogP contribution < -0.4 is 10.6 Å². The number of benzene rings is 2. The summed E-state index contributed by atoms with van der Waals surface area (Å²) in [4.78, 5) is 12.1. The Hall–Kier alpha value is -2.13. The zero-order valence-corrected chi connectivity index (χ0v) is 14.6. The molecule has 2 aromatic carbocycles. The fourth-order valence-corrected chi connectivity index (χ4v) is 3.07. The number of aryl methyl sites for hydroxylation is 1. The molecule has 3 nitrogen and oxygen atoms in total. The minimum absolute atomic E-state index is 0.113. The van der Waals surface area contributed by atoms with Crippen LogP contribution in [0.4, 0.5) is 0 Å². The van der Waals surface area contributed by atoms with Crippen LogP contribution in [0.3, 0.4) is 0 Å². The maximum atomic E-state index is 12.1. The predicted molar refractivity (Wildman–Crippen MR) is 97.7 cm³/mol. The molecular formula is C21H26N2O. The fourth-order valence-electron chi connectivity index (χ4n) is 3.07. The molecule has 3 rings (SSSR count). The Morgan fingerprint density at radius 1 is 1.04 bits per heavy atom. The third kappa shape index (κ3) is 4.24. The van der Waals surface area contributed by atoms with Crippen molar-refractivity contribution in [2.24, 2.45) is 0 Å². The lowest BCUT2D eigenvalue weighted by Crippen LogP contribution is -2.23. The SMILES string of the molecule is CC(C)c1ccc(CCC(=O)NCc2ccc3c(c2)CNC3)cc1. The average Bonchev–Trinajstić information content (AvgIpc) is 3.06. The normalized spacial score (nSPS) is 13.1. The van der Waals surface area contributed by atoms with Crippen LogP contribution in [0.5, 0.6) is 0 Å². The number of fused-ring (bicyclic) bond motifs is 1. The fraction of sp³-hybridized carbons (Fsp3) is 0.381. The van der Waals surface area contributed by atoms with Gasteiger partial charge in [0, 0.05) is 26.1 Å². The van der Waals surface area contributed by atoms with E-state index >= 15 is 0 Å². The molecule has 2 N–H and O–H groups in total. The van der Waals surface area contributed by atoms with Crippen LogP contribution in [0.15, 0.2) is 42.5 Å². The third-order valence-electron chi connectivity index (χ3n) is 4.68. The molecule has 24 heavy (non-hydrogen) atoms. The van der Waals surface area contributed by atoms with Crippen molar-refractivity contribution in [3.8, 4) is 0 Å². The van der Waals surface area contributed by atoms with Gasteiger partial charge < -0.3 is 10.6 Å². The standard InChI is InChI=1S/C21H26N2O/c1-15(2)18-7-3-16(4-8-18)6-10-21(24)23-12-17-5-9-19-13-22-14-20(19)11-17/h3-5,7-9,11,15,22H,6,10,12-14H2,1-2H3,(H,23,24). The molecule has 126 valence electrons. The van der Waals surface area contributed by atoms with Crippen molar-refractivity contribution in [2.45, 2.75) is 52.2 Å². The lowest BCUT2D eigenvalue weighted by Gasteiger charge is -2.08. The Balaban J connectivity index is 1.45. The van der Waals surface area contributed by atoms with Crippen LogP contribution in [0.25, 0.3) is 0 Å². The number of hydrogen-bond acceptors (Lipinski definition) is 2. The van der Waals surface area contributed by atoms with Gasteiger partial charge in [0.1, 0.15) is 0 Å². The molecule has 0 spiro atoms. The first-order chi connectivity index (χ1) is 11.6. The summed E-state index contributed by atoms with van der Waals surface area (Å²) in [6.07, 6.45) is 1.33. The van der Waals surface area contributed by atoms with Gasteiger partial charge in [-0.1, -0.05) is 56.3 Å². The van der Waals surface area contributed by atoms with Crippen molar-refractivity contribution in [3.63, 3.8) is 0 Å². The second-order valence-corrected chi connectivity index (χ2v) is 6.88. The number of rotatable bonds is 6. The summed E-state index contributed by atoms with van der Waals surface area (Å²) < 4.78 is 0. The van der Waals surface area contributed by atoms with Gasteiger partial charge in [-0.2, -0.15) is 0 Å². The first-order valence-electron chi connectivity index (χ1n) is 8.79. The van der Waals surface area contributed by atoms with Crippen molar-refractivity contribution in [1.82, 2.24) is 10.6 Å². The number of carbonyl (C=O) groups is 1. The highest BCUT2D eigenvalue weighted by Gasteiger charge is 2.10. The molecule has 0 aromatic heterocycles. The van der Waals surface area contributed by atoms with Gasteiger partial charge in [0.05, 0.1) is 0 Å². The molecule has 2 aromatic rings. The molecule has 0 fully saturated rings. The van der Waals surface area contributed by atoms with Gasteiger partial charge >= 0.3 is 0 Å². The van der Waals surface area contributed by atoms with Crippen LogP contribution in [-0.4, -0.2) is 5.91 Å². The van der Waals surface area contributed by atoms with E-state index in [1.54, 1.807) is 0 Å². The molecule has 0 saturated carbocycles. The molecule has 0 aliphatic carbocycles. The third-order valence-corrected chi connectivity index (χ3v) is 4.68. The summed E-state index contributed by atoms with van der Waals surface area (Å²) in [6.45, 7) is 6.88. The Morgan fingerprint density at radius 3 is 2.50 bits per heavy atom. The van der Waals surface area contributed by atoms with E-state index in [-0.39, 0.29) is 5.91 Å². The van der Waals surface area contributed by atoms with E-state index in [1.807, 2.05) is 0 Å². The Bertz CT molecular complexity index is 704. The Kier molecular flexibility index (Phi) is 5.31. The van der Waals surface area contributed by atoms with E-state index in [2.05, 4.69) is 66.9 Å². The van der Waals surface area contributed by atoms with Crippen molar-refractivity contribution in [3.05, 3.63) is 70.3 Å². The van der Waals surface area contributed by atoms with Crippen LogP contribution in [0.2, 0.25) is 0 Å². The molecule has 0 saturated heterocycles. The maximum absolute atomic E-state index is 12.1. The highest BCUT2D eigenvalue weighted by atomic mass is 16.1. The van der Waals surface area contributed by atoms with E-state index in [1.165, 1.54) is 27.8 Å². The second-order valence-electron chi connectivity index (χ2n) is 6.88. The highest BCUT2D eigenvalue weighted by Crippen LogP contribution is 2.17. The van der Waals surface area contributed by atoms with Gasteiger partial charge in [0.25, 0.3) is 0 Å². The molecule has 0 unspecified atom stereocenters. The highest BCUT2D eigenvalue weighted by molar-refractivity contribution is 5.76. The lowest BCUT2D eigenvalue weighted by atomic mass is 10.0. The average molecular weight is 322 g/mol. The monoisotopic (exact) mass is 322 g/mol. The number of carbonyl (C=O) groups excluding carboxylic acids is 1. The van der Waals surface area contributed by atoms with Crippen LogP contribution in [0, 0.1) is 0 Å². The van der Waals surface area contributed by atoms with Gasteiger partial charge in [-0.15, -0.1) is 0 Å². The Morgan fingerprint density at radius 2 is 1.75 bits per heavy atom. The molecular weight excluding hydrogens is 296 g/mol. The van der Waals surface area contributed by atoms with Gasteiger partial charge in [0.15, 0.2) is 0 Å². The van der Waals surface area contributed by atoms with Gasteiger partial charge in [-0.3, -0.25) is 4.79 Å². The summed E-state index contributed by atoms with van der Waals surface area (Å²) in [5.74, 6) is 0.659. The maximum Gasteiger partial charge on any atom is 0.220 e. The molecule has 1 heterocycles. The number of amides is 1. The van der Waals surface area contributed by atoms with E-state index in [0.717, 1.165) is 19.5 Å². The molecule has 0 radical (unpaired) electrons. The van der Waals surface area contributed by atoms with Gasteiger partial charge in [-0.05, 0) is 40.2 Å². The van der Waals surface area contributed by atoms with Crippen LogP contribution in [-0.2, 0) is 30.8 Å². The zero-order chi connectivity index (χ0) is 16.9. The number of hydrogen-bond donors (Lipinski definition) is 2. The zero-order valence-electron chi connectivity index (χ0n) is 14.6. The van der Waals surface area contributed by atoms with Gasteiger partial charge in [-0.25, -0.2) is 0 Å². The quantitative estimate of drug-likeness (QED) is 0.852. The molecule has 3 heteroatoms. The summed E-state index contributed by atoms with van der Waals surface area (Å²) in [7, 11) is 0. The predicted octanol–water partition coefficient (Wildman–Crippen LogP) is 3.66. The largest absolute Gasteiger partial charge is 0.352 e. The van der Waals surface area contributed by atoms with E-state index in [4.69, 9.17) is 0 Å². The van der Waals surface area contributed by atoms with Crippen LogP contribution in [0.1, 0.15) is 54.0 Å². The molecule has 1 aliphatic rings.